The topological polar surface area (TPSA) is 29.1 Å². The molecule has 1 saturated carbocycles. The van der Waals surface area contributed by atoms with Crippen molar-refractivity contribution < 1.29 is 4.79 Å². The smallest absolute Gasteiger partial charge is 0.223 e. The predicted molar refractivity (Wildman–Crippen MR) is 70.6 cm³/mol. The molecule has 0 aliphatic heterocycles. The van der Waals surface area contributed by atoms with Crippen LogP contribution in [0.5, 0.6) is 0 Å². The van der Waals surface area contributed by atoms with Gasteiger partial charge < -0.3 is 5.32 Å². The number of carbonyl (C=O) groups excluding carboxylic acids is 1. The maximum Gasteiger partial charge on any atom is 0.223 e. The maximum atomic E-state index is 12.0. The molecule has 0 spiro atoms. The SMILES string of the molecule is CCC(CBr)(CBr)NC(=O)C(C)C1CC1. The van der Waals surface area contributed by atoms with Crippen LogP contribution in [0.25, 0.3) is 0 Å². The second-order valence-corrected chi connectivity index (χ2v) is 5.64. The summed E-state index contributed by atoms with van der Waals surface area (Å²) in [7, 11) is 0. The molecule has 1 atom stereocenters. The molecule has 1 aliphatic carbocycles. The van der Waals surface area contributed by atoms with Gasteiger partial charge in [-0.15, -0.1) is 0 Å². The van der Waals surface area contributed by atoms with Crippen molar-refractivity contribution in [1.82, 2.24) is 5.32 Å². The van der Waals surface area contributed by atoms with E-state index in [9.17, 15) is 4.79 Å². The normalized spacial score (nSPS) is 18.7. The van der Waals surface area contributed by atoms with Gasteiger partial charge in [-0.3, -0.25) is 4.79 Å². The summed E-state index contributed by atoms with van der Waals surface area (Å²) in [6, 6.07) is 0. The third kappa shape index (κ3) is 3.45. The minimum absolute atomic E-state index is 0.125. The Morgan fingerprint density at radius 3 is 2.33 bits per heavy atom. The lowest BCUT2D eigenvalue weighted by atomic mass is 9.98. The van der Waals surface area contributed by atoms with Crippen molar-refractivity contribution in [1.29, 1.82) is 0 Å². The van der Waals surface area contributed by atoms with Crippen LogP contribution in [-0.2, 0) is 4.79 Å². The first-order chi connectivity index (χ1) is 7.08. The first-order valence-electron chi connectivity index (χ1n) is 5.52. The van der Waals surface area contributed by atoms with Gasteiger partial charge in [0, 0.05) is 16.6 Å². The highest BCUT2D eigenvalue weighted by molar-refractivity contribution is 9.09. The monoisotopic (exact) mass is 339 g/mol. The van der Waals surface area contributed by atoms with E-state index in [2.05, 4.69) is 44.1 Å². The highest BCUT2D eigenvalue weighted by atomic mass is 79.9. The van der Waals surface area contributed by atoms with Crippen LogP contribution in [0.4, 0.5) is 0 Å². The van der Waals surface area contributed by atoms with E-state index in [1.54, 1.807) is 0 Å². The molecule has 1 fully saturated rings. The molecule has 88 valence electrons. The minimum Gasteiger partial charge on any atom is -0.349 e. The van der Waals surface area contributed by atoms with E-state index >= 15 is 0 Å². The highest BCUT2D eigenvalue weighted by Crippen LogP contribution is 2.37. The summed E-state index contributed by atoms with van der Waals surface area (Å²) < 4.78 is 0. The van der Waals surface area contributed by atoms with E-state index in [1.165, 1.54) is 12.8 Å². The van der Waals surface area contributed by atoms with Gasteiger partial charge in [-0.25, -0.2) is 0 Å². The van der Waals surface area contributed by atoms with Crippen molar-refractivity contribution in [2.45, 2.75) is 38.6 Å². The number of halogens is 2. The van der Waals surface area contributed by atoms with Crippen molar-refractivity contribution in [3.05, 3.63) is 0 Å². The van der Waals surface area contributed by atoms with Crippen molar-refractivity contribution >= 4 is 37.8 Å². The van der Waals surface area contributed by atoms with E-state index in [-0.39, 0.29) is 17.4 Å². The number of nitrogens with one attached hydrogen (secondary N) is 1. The zero-order chi connectivity index (χ0) is 11.5. The van der Waals surface area contributed by atoms with Crippen LogP contribution >= 0.6 is 31.9 Å². The van der Waals surface area contributed by atoms with Gasteiger partial charge in [0.2, 0.25) is 5.91 Å². The van der Waals surface area contributed by atoms with Gasteiger partial charge in [-0.1, -0.05) is 45.7 Å². The summed E-state index contributed by atoms with van der Waals surface area (Å²) in [5, 5.41) is 4.76. The molecule has 0 aromatic rings. The van der Waals surface area contributed by atoms with Crippen LogP contribution in [0.2, 0.25) is 0 Å². The summed E-state index contributed by atoms with van der Waals surface area (Å²) >= 11 is 6.96. The zero-order valence-corrected chi connectivity index (χ0v) is 12.5. The van der Waals surface area contributed by atoms with Gasteiger partial charge in [0.1, 0.15) is 0 Å². The van der Waals surface area contributed by atoms with E-state index in [1.807, 2.05) is 6.92 Å². The van der Waals surface area contributed by atoms with Crippen LogP contribution < -0.4 is 5.32 Å². The fourth-order valence-corrected chi connectivity index (χ4v) is 3.57. The van der Waals surface area contributed by atoms with E-state index in [0.29, 0.717) is 5.92 Å². The molecule has 0 radical (unpaired) electrons. The molecule has 0 aromatic heterocycles. The van der Waals surface area contributed by atoms with Gasteiger partial charge in [0.05, 0.1) is 5.54 Å². The Hall–Kier alpha value is 0.430. The largest absolute Gasteiger partial charge is 0.349 e. The maximum absolute atomic E-state index is 12.0. The summed E-state index contributed by atoms with van der Waals surface area (Å²) in [6.45, 7) is 4.14. The number of hydrogen-bond acceptors (Lipinski definition) is 1. The second-order valence-electron chi connectivity index (χ2n) is 4.52. The average molecular weight is 341 g/mol. The Morgan fingerprint density at radius 1 is 1.47 bits per heavy atom. The number of alkyl halides is 2. The van der Waals surface area contributed by atoms with Gasteiger partial charge in [0.25, 0.3) is 0 Å². The van der Waals surface area contributed by atoms with Crippen LogP contribution in [0.3, 0.4) is 0 Å². The Morgan fingerprint density at radius 2 is 2.00 bits per heavy atom. The van der Waals surface area contributed by atoms with Crippen LogP contribution in [0.1, 0.15) is 33.1 Å². The summed E-state index contributed by atoms with van der Waals surface area (Å²) in [6.07, 6.45) is 3.37. The van der Waals surface area contributed by atoms with Gasteiger partial charge in [0.15, 0.2) is 0 Å². The number of amides is 1. The number of hydrogen-bond donors (Lipinski definition) is 1. The average Bonchev–Trinajstić information content (AvgIpc) is 3.08. The van der Waals surface area contributed by atoms with Crippen LogP contribution in [-0.4, -0.2) is 22.1 Å². The Labute approximate surface area is 109 Å². The van der Waals surface area contributed by atoms with E-state index < -0.39 is 0 Å². The molecule has 2 nitrogen and oxygen atoms in total. The van der Waals surface area contributed by atoms with Crippen molar-refractivity contribution in [2.75, 3.05) is 10.7 Å². The highest BCUT2D eigenvalue weighted by Gasteiger charge is 2.36. The zero-order valence-electron chi connectivity index (χ0n) is 9.35. The van der Waals surface area contributed by atoms with Crippen molar-refractivity contribution in [3.63, 3.8) is 0 Å². The first kappa shape index (κ1) is 13.5. The second kappa shape index (κ2) is 5.67. The standard InChI is InChI=1S/C11H19Br2NO/c1-3-11(6-12,7-13)14-10(15)8(2)9-4-5-9/h8-9H,3-7H2,1-2H3,(H,14,15). The molecular weight excluding hydrogens is 322 g/mol. The number of rotatable bonds is 6. The molecule has 0 heterocycles. The summed E-state index contributed by atoms with van der Waals surface area (Å²) in [5.74, 6) is 1.01. The molecule has 15 heavy (non-hydrogen) atoms. The molecule has 0 saturated heterocycles. The molecule has 0 bridgehead atoms. The minimum atomic E-state index is -0.125. The van der Waals surface area contributed by atoms with Gasteiger partial charge >= 0.3 is 0 Å². The van der Waals surface area contributed by atoms with Crippen LogP contribution in [0.15, 0.2) is 0 Å². The predicted octanol–water partition coefficient (Wildman–Crippen LogP) is 3.09. The van der Waals surface area contributed by atoms with E-state index in [4.69, 9.17) is 0 Å². The third-order valence-electron chi connectivity index (χ3n) is 3.32. The lowest BCUT2D eigenvalue weighted by Crippen LogP contribution is -2.52. The molecule has 1 rings (SSSR count). The Kier molecular flexibility index (Phi) is 5.10. The van der Waals surface area contributed by atoms with Crippen molar-refractivity contribution in [2.24, 2.45) is 11.8 Å². The molecule has 1 unspecified atom stereocenters. The third-order valence-corrected chi connectivity index (χ3v) is 5.47. The van der Waals surface area contributed by atoms with E-state index in [0.717, 1.165) is 17.1 Å². The lowest BCUT2D eigenvalue weighted by molar-refractivity contribution is -0.126. The fourth-order valence-electron chi connectivity index (χ4n) is 1.57. The van der Waals surface area contributed by atoms with Gasteiger partial charge in [-0.05, 0) is 25.2 Å². The summed E-state index contributed by atoms with van der Waals surface area (Å²) in [4.78, 5) is 12.0. The molecular formula is C11H19Br2NO. The Bertz CT molecular complexity index is 216. The molecule has 1 N–H and O–H groups in total. The molecule has 1 amide bonds. The molecule has 1 aliphatic rings. The van der Waals surface area contributed by atoms with Crippen molar-refractivity contribution in [3.8, 4) is 0 Å². The molecule has 0 aromatic carbocycles. The Balaban J connectivity index is 2.52. The van der Waals surface area contributed by atoms with Gasteiger partial charge in [-0.2, -0.15) is 0 Å². The quantitative estimate of drug-likeness (QED) is 0.739. The van der Waals surface area contributed by atoms with Crippen LogP contribution in [0, 0.1) is 11.8 Å². The lowest BCUT2D eigenvalue weighted by Gasteiger charge is -2.31. The number of carbonyl (C=O) groups is 1. The first-order valence-corrected chi connectivity index (χ1v) is 7.77. The summed E-state index contributed by atoms with van der Waals surface area (Å²) in [5.41, 5.74) is -0.125. The molecule has 4 heteroatoms. The fraction of sp³-hybridized carbons (Fsp3) is 0.909.